The quantitative estimate of drug-likeness (QED) is 0.689. The molecular weight excluding hydrogens is 352 g/mol. The van der Waals surface area contributed by atoms with E-state index in [1.807, 2.05) is 49.6 Å². The molecular formula is C19H20N2O2S2. The van der Waals surface area contributed by atoms with Gasteiger partial charge in [-0.2, -0.15) is 0 Å². The van der Waals surface area contributed by atoms with Crippen LogP contribution in [-0.2, 0) is 11.3 Å². The molecule has 0 fully saturated rings. The van der Waals surface area contributed by atoms with Crippen LogP contribution in [0.5, 0.6) is 5.75 Å². The smallest absolute Gasteiger partial charge is 0.261 e. The zero-order valence-corrected chi connectivity index (χ0v) is 16.0. The minimum atomic E-state index is -0.549. The Morgan fingerprint density at radius 3 is 2.84 bits per heavy atom. The molecule has 0 saturated carbocycles. The first-order valence-electron chi connectivity index (χ1n) is 8.04. The fraction of sp³-hybridized carbons (Fsp3) is 0.263. The van der Waals surface area contributed by atoms with Crippen LogP contribution in [0, 0.1) is 13.8 Å². The van der Waals surface area contributed by atoms with Gasteiger partial charge >= 0.3 is 0 Å². The first kappa shape index (κ1) is 17.6. The van der Waals surface area contributed by atoms with E-state index in [0.717, 1.165) is 26.0 Å². The lowest BCUT2D eigenvalue weighted by molar-refractivity contribution is -0.127. The summed E-state index contributed by atoms with van der Waals surface area (Å²) in [5.74, 6) is 0.573. The Kier molecular flexibility index (Phi) is 5.50. The number of rotatable bonds is 6. The number of benzene rings is 1. The molecule has 6 heteroatoms. The molecule has 130 valence electrons. The van der Waals surface area contributed by atoms with Crippen molar-refractivity contribution in [2.24, 2.45) is 0 Å². The topological polar surface area (TPSA) is 51.2 Å². The first-order chi connectivity index (χ1) is 12.0. The third-order valence-corrected chi connectivity index (χ3v) is 5.92. The van der Waals surface area contributed by atoms with E-state index in [2.05, 4.69) is 16.4 Å². The monoisotopic (exact) mass is 372 g/mol. The number of thiazole rings is 1. The summed E-state index contributed by atoms with van der Waals surface area (Å²) in [4.78, 5) is 19.1. The van der Waals surface area contributed by atoms with Crippen LogP contribution in [-0.4, -0.2) is 17.0 Å². The van der Waals surface area contributed by atoms with E-state index in [1.165, 1.54) is 0 Å². The molecule has 1 aromatic carbocycles. The van der Waals surface area contributed by atoms with E-state index < -0.39 is 6.10 Å². The largest absolute Gasteiger partial charge is 0.481 e. The summed E-state index contributed by atoms with van der Waals surface area (Å²) < 4.78 is 5.72. The lowest BCUT2D eigenvalue weighted by atomic mass is 10.2. The number of aryl methyl sites for hydroxylation is 2. The Bertz CT molecular complexity index is 856. The molecule has 0 aliphatic rings. The van der Waals surface area contributed by atoms with Gasteiger partial charge in [0.05, 0.1) is 17.1 Å². The summed E-state index contributed by atoms with van der Waals surface area (Å²) in [5.41, 5.74) is 2.06. The highest BCUT2D eigenvalue weighted by Crippen LogP contribution is 2.30. The van der Waals surface area contributed by atoms with Gasteiger partial charge in [0.15, 0.2) is 6.10 Å². The van der Waals surface area contributed by atoms with Crippen molar-refractivity contribution in [3.63, 3.8) is 0 Å². The van der Waals surface area contributed by atoms with Crippen LogP contribution >= 0.6 is 22.7 Å². The Morgan fingerprint density at radius 2 is 2.12 bits per heavy atom. The van der Waals surface area contributed by atoms with Gasteiger partial charge in [0.1, 0.15) is 10.8 Å². The van der Waals surface area contributed by atoms with Crippen LogP contribution in [0.4, 0.5) is 0 Å². The minimum Gasteiger partial charge on any atom is -0.481 e. The van der Waals surface area contributed by atoms with Crippen molar-refractivity contribution < 1.29 is 9.53 Å². The molecule has 1 atom stereocenters. The fourth-order valence-electron chi connectivity index (χ4n) is 2.36. The van der Waals surface area contributed by atoms with Crippen LogP contribution in [0.25, 0.3) is 9.88 Å². The third-order valence-electron chi connectivity index (χ3n) is 3.72. The molecule has 1 N–H and O–H groups in total. The number of hydrogen-bond donors (Lipinski definition) is 1. The molecule has 0 radical (unpaired) electrons. The van der Waals surface area contributed by atoms with Gasteiger partial charge < -0.3 is 10.1 Å². The SMILES string of the molecule is Cc1cccc(OC(C)C(=O)NCc2sc(-c3cccs3)nc2C)c1. The first-order valence-corrected chi connectivity index (χ1v) is 9.74. The number of nitrogens with one attached hydrogen (secondary N) is 1. The van der Waals surface area contributed by atoms with Gasteiger partial charge in [-0.3, -0.25) is 4.79 Å². The lowest BCUT2D eigenvalue weighted by Crippen LogP contribution is -2.35. The van der Waals surface area contributed by atoms with Gasteiger partial charge in [-0.1, -0.05) is 18.2 Å². The molecule has 0 saturated heterocycles. The van der Waals surface area contributed by atoms with Crippen molar-refractivity contribution in [3.8, 4) is 15.6 Å². The summed E-state index contributed by atoms with van der Waals surface area (Å²) in [6.07, 6.45) is -0.549. The second-order valence-electron chi connectivity index (χ2n) is 5.80. The van der Waals surface area contributed by atoms with Crippen LogP contribution < -0.4 is 10.1 Å². The van der Waals surface area contributed by atoms with E-state index in [4.69, 9.17) is 4.74 Å². The molecule has 3 rings (SSSR count). The maximum absolute atomic E-state index is 12.3. The third kappa shape index (κ3) is 4.46. The standard InChI is InChI=1S/C19H20N2O2S2/c1-12-6-4-7-15(10-12)23-14(3)18(22)20-11-17-13(2)21-19(25-17)16-8-5-9-24-16/h4-10,14H,11H2,1-3H3,(H,20,22). The van der Waals surface area contributed by atoms with E-state index in [0.29, 0.717) is 12.3 Å². The summed E-state index contributed by atoms with van der Waals surface area (Å²) in [6.45, 7) is 6.20. The van der Waals surface area contributed by atoms with Crippen molar-refractivity contribution >= 4 is 28.6 Å². The molecule has 1 amide bonds. The van der Waals surface area contributed by atoms with Gasteiger partial charge in [0.25, 0.3) is 5.91 Å². The Labute approximate surface area is 155 Å². The number of aromatic nitrogens is 1. The number of nitrogens with zero attached hydrogens (tertiary/aromatic N) is 1. The maximum atomic E-state index is 12.3. The lowest BCUT2D eigenvalue weighted by Gasteiger charge is -2.14. The normalized spacial score (nSPS) is 12.0. The number of ether oxygens (including phenoxy) is 1. The molecule has 4 nitrogen and oxygen atoms in total. The predicted octanol–water partition coefficient (Wildman–Crippen LogP) is 4.57. The minimum absolute atomic E-state index is 0.132. The maximum Gasteiger partial charge on any atom is 0.261 e. The summed E-state index contributed by atoms with van der Waals surface area (Å²) >= 11 is 3.29. The Balaban J connectivity index is 1.58. The van der Waals surface area contributed by atoms with Gasteiger partial charge in [0.2, 0.25) is 0 Å². The highest BCUT2D eigenvalue weighted by atomic mass is 32.1. The molecule has 0 aliphatic carbocycles. The fourth-order valence-corrected chi connectivity index (χ4v) is 4.15. The molecule has 0 spiro atoms. The zero-order valence-electron chi connectivity index (χ0n) is 14.4. The molecule has 3 aromatic rings. The Hall–Kier alpha value is -2.18. The van der Waals surface area contributed by atoms with E-state index in [-0.39, 0.29) is 5.91 Å². The number of carbonyl (C=O) groups excluding carboxylic acids is 1. The van der Waals surface area contributed by atoms with E-state index in [1.54, 1.807) is 29.6 Å². The van der Waals surface area contributed by atoms with Crippen molar-refractivity contribution in [1.29, 1.82) is 0 Å². The summed E-state index contributed by atoms with van der Waals surface area (Å²) in [7, 11) is 0. The molecule has 0 aliphatic heterocycles. The van der Waals surface area contributed by atoms with Gasteiger partial charge in [0, 0.05) is 4.88 Å². The zero-order chi connectivity index (χ0) is 17.8. The average Bonchev–Trinajstić information content (AvgIpc) is 3.22. The van der Waals surface area contributed by atoms with Crippen molar-refractivity contribution in [1.82, 2.24) is 10.3 Å². The van der Waals surface area contributed by atoms with Crippen LogP contribution in [0.1, 0.15) is 23.1 Å². The van der Waals surface area contributed by atoms with Gasteiger partial charge in [-0.25, -0.2) is 4.98 Å². The van der Waals surface area contributed by atoms with E-state index in [9.17, 15) is 4.79 Å². The molecule has 25 heavy (non-hydrogen) atoms. The summed E-state index contributed by atoms with van der Waals surface area (Å²) in [6, 6.07) is 11.8. The van der Waals surface area contributed by atoms with Crippen molar-refractivity contribution in [2.75, 3.05) is 0 Å². The molecule has 1 unspecified atom stereocenters. The second-order valence-corrected chi connectivity index (χ2v) is 7.83. The Morgan fingerprint density at radius 1 is 1.28 bits per heavy atom. The van der Waals surface area contributed by atoms with Gasteiger partial charge in [-0.15, -0.1) is 22.7 Å². The van der Waals surface area contributed by atoms with Crippen molar-refractivity contribution in [3.05, 3.63) is 57.9 Å². The van der Waals surface area contributed by atoms with E-state index >= 15 is 0 Å². The number of amides is 1. The number of thiophene rings is 1. The number of carbonyl (C=O) groups is 1. The van der Waals surface area contributed by atoms with Crippen LogP contribution in [0.15, 0.2) is 41.8 Å². The average molecular weight is 373 g/mol. The molecule has 0 bridgehead atoms. The van der Waals surface area contributed by atoms with Crippen molar-refractivity contribution in [2.45, 2.75) is 33.4 Å². The molecule has 2 heterocycles. The van der Waals surface area contributed by atoms with Crippen LogP contribution in [0.3, 0.4) is 0 Å². The summed E-state index contributed by atoms with van der Waals surface area (Å²) in [5, 5.41) is 5.98. The predicted molar refractivity (Wildman–Crippen MR) is 103 cm³/mol. The van der Waals surface area contributed by atoms with Crippen LogP contribution in [0.2, 0.25) is 0 Å². The van der Waals surface area contributed by atoms with Gasteiger partial charge in [-0.05, 0) is 49.9 Å². The highest BCUT2D eigenvalue weighted by Gasteiger charge is 2.16. The molecule has 2 aromatic heterocycles. The second kappa shape index (κ2) is 7.80. The highest BCUT2D eigenvalue weighted by molar-refractivity contribution is 7.21. The number of hydrogen-bond acceptors (Lipinski definition) is 5.